The van der Waals surface area contributed by atoms with E-state index >= 15 is 0 Å². The van der Waals surface area contributed by atoms with Crippen molar-refractivity contribution < 1.29 is 22.3 Å². The largest absolute Gasteiger partial charge is 0.394 e. The quantitative estimate of drug-likeness (QED) is 0.493. The van der Waals surface area contributed by atoms with Crippen molar-refractivity contribution in [3.63, 3.8) is 0 Å². The van der Waals surface area contributed by atoms with Crippen LogP contribution >= 0.6 is 0 Å². The molecule has 7 heteroatoms. The van der Waals surface area contributed by atoms with Gasteiger partial charge in [-0.05, 0) is 0 Å². The number of hydrogen-bond acceptors (Lipinski definition) is 3. The molecule has 0 unspecified atom stereocenters. The molecule has 11 heavy (non-hydrogen) atoms. The van der Waals surface area contributed by atoms with Crippen molar-refractivity contribution >= 4 is 16.3 Å². The molecular formula is C4H11NO5S. The maximum absolute atomic E-state index is 10.1. The maximum atomic E-state index is 10.1. The van der Waals surface area contributed by atoms with Crippen molar-refractivity contribution in [1.82, 2.24) is 4.90 Å². The molecule has 0 fully saturated rings. The van der Waals surface area contributed by atoms with E-state index in [1.165, 1.54) is 11.8 Å². The Hall–Kier alpha value is -0.660. The lowest BCUT2D eigenvalue weighted by atomic mass is 10.7. The van der Waals surface area contributed by atoms with Gasteiger partial charge >= 0.3 is 10.4 Å². The fraction of sp³-hybridized carbons (Fsp3) is 0.750. The molecule has 0 heterocycles. The molecule has 1 amide bonds. The van der Waals surface area contributed by atoms with E-state index < -0.39 is 10.4 Å². The third-order valence-corrected chi connectivity index (χ3v) is 0.630. The number of rotatable bonds is 0. The Morgan fingerprint density at radius 1 is 1.27 bits per heavy atom. The molecule has 0 saturated heterocycles. The van der Waals surface area contributed by atoms with Crippen molar-refractivity contribution in [2.75, 3.05) is 14.1 Å². The average molecular weight is 185 g/mol. The Bertz CT molecular complexity index is 199. The zero-order chi connectivity index (χ0) is 9.65. The Kier molecular flexibility index (Phi) is 5.96. The van der Waals surface area contributed by atoms with Crippen LogP contribution in [0.15, 0.2) is 0 Å². The molecule has 0 aliphatic heterocycles. The van der Waals surface area contributed by atoms with E-state index in [0.29, 0.717) is 0 Å². The van der Waals surface area contributed by atoms with Gasteiger partial charge in [-0.3, -0.25) is 13.9 Å². The molecule has 2 N–H and O–H groups in total. The number of amides is 1. The minimum atomic E-state index is -4.67. The number of carbonyl (C=O) groups is 1. The monoisotopic (exact) mass is 185 g/mol. The Balaban J connectivity index is 0. The van der Waals surface area contributed by atoms with E-state index in [1.54, 1.807) is 14.1 Å². The van der Waals surface area contributed by atoms with Gasteiger partial charge in [0.25, 0.3) is 0 Å². The summed E-state index contributed by atoms with van der Waals surface area (Å²) in [6.07, 6.45) is 0. The molecule has 0 radical (unpaired) electrons. The van der Waals surface area contributed by atoms with E-state index in [9.17, 15) is 4.79 Å². The van der Waals surface area contributed by atoms with Crippen molar-refractivity contribution in [1.29, 1.82) is 0 Å². The molecule has 0 atom stereocenters. The summed E-state index contributed by atoms with van der Waals surface area (Å²) in [5.74, 6) is 0.0926. The van der Waals surface area contributed by atoms with Crippen molar-refractivity contribution in [3.8, 4) is 0 Å². The molecule has 0 bridgehead atoms. The summed E-state index contributed by atoms with van der Waals surface area (Å²) in [4.78, 5) is 11.6. The second kappa shape index (κ2) is 5.05. The summed E-state index contributed by atoms with van der Waals surface area (Å²) in [5.41, 5.74) is 0. The molecule has 0 saturated carbocycles. The summed E-state index contributed by atoms with van der Waals surface area (Å²) in [6, 6.07) is 0. The van der Waals surface area contributed by atoms with Crippen LogP contribution in [-0.2, 0) is 15.2 Å². The lowest BCUT2D eigenvalue weighted by Crippen LogP contribution is -2.17. The predicted molar refractivity (Wildman–Crippen MR) is 38.5 cm³/mol. The Morgan fingerprint density at radius 3 is 1.36 bits per heavy atom. The highest BCUT2D eigenvalue weighted by molar-refractivity contribution is 7.79. The summed E-state index contributed by atoms with van der Waals surface area (Å²) < 4.78 is 31.6. The van der Waals surface area contributed by atoms with Gasteiger partial charge < -0.3 is 4.90 Å². The van der Waals surface area contributed by atoms with Crippen LogP contribution in [0.5, 0.6) is 0 Å². The molecule has 0 aromatic rings. The van der Waals surface area contributed by atoms with E-state index in [-0.39, 0.29) is 5.91 Å². The fourth-order valence-corrected chi connectivity index (χ4v) is 0. The first-order valence-electron chi connectivity index (χ1n) is 2.52. The normalized spacial score (nSPS) is 9.55. The standard InChI is InChI=1S/C4H9NO.H2O4S/c1-4(6)5(2)3;1-5(2,3)4/h1-3H3;(H2,1,2,3,4). The zero-order valence-electron chi connectivity index (χ0n) is 6.47. The molecule has 0 aromatic carbocycles. The molecule has 0 aromatic heterocycles. The summed E-state index contributed by atoms with van der Waals surface area (Å²) >= 11 is 0. The molecule has 0 spiro atoms. The molecule has 68 valence electrons. The van der Waals surface area contributed by atoms with Crippen LogP contribution in [0.25, 0.3) is 0 Å². The molecular weight excluding hydrogens is 174 g/mol. The Morgan fingerprint density at radius 2 is 1.36 bits per heavy atom. The minimum absolute atomic E-state index is 0.0926. The van der Waals surface area contributed by atoms with Gasteiger partial charge in [0.1, 0.15) is 0 Å². The third-order valence-electron chi connectivity index (χ3n) is 0.630. The van der Waals surface area contributed by atoms with Crippen LogP contribution in [0.4, 0.5) is 0 Å². The van der Waals surface area contributed by atoms with E-state index in [2.05, 4.69) is 0 Å². The summed E-state index contributed by atoms with van der Waals surface area (Å²) in [7, 11) is -1.22. The SMILES string of the molecule is CC(=O)N(C)C.O=S(=O)(O)O. The lowest BCUT2D eigenvalue weighted by Gasteiger charge is -2.02. The summed E-state index contributed by atoms with van der Waals surface area (Å²) in [6.45, 7) is 1.53. The van der Waals surface area contributed by atoms with Crippen LogP contribution in [0, 0.1) is 0 Å². The van der Waals surface area contributed by atoms with Gasteiger partial charge in [0.2, 0.25) is 5.91 Å². The van der Waals surface area contributed by atoms with E-state index in [4.69, 9.17) is 17.5 Å². The van der Waals surface area contributed by atoms with Crippen molar-refractivity contribution in [2.45, 2.75) is 6.92 Å². The van der Waals surface area contributed by atoms with Gasteiger partial charge in [0.15, 0.2) is 0 Å². The van der Waals surface area contributed by atoms with Gasteiger partial charge in [-0.15, -0.1) is 0 Å². The van der Waals surface area contributed by atoms with Gasteiger partial charge in [-0.1, -0.05) is 0 Å². The highest BCUT2D eigenvalue weighted by atomic mass is 32.3. The highest BCUT2D eigenvalue weighted by Gasteiger charge is 1.87. The van der Waals surface area contributed by atoms with Crippen molar-refractivity contribution in [2.24, 2.45) is 0 Å². The van der Waals surface area contributed by atoms with Gasteiger partial charge in [0, 0.05) is 21.0 Å². The first-order chi connectivity index (χ1) is 4.64. The van der Waals surface area contributed by atoms with E-state index in [0.717, 1.165) is 0 Å². The molecule has 0 aliphatic carbocycles. The predicted octanol–water partition coefficient (Wildman–Crippen LogP) is -0.558. The smallest absolute Gasteiger partial charge is 0.349 e. The number of hydrogen-bond donors (Lipinski definition) is 2. The highest BCUT2D eigenvalue weighted by Crippen LogP contribution is 1.69. The minimum Gasteiger partial charge on any atom is -0.349 e. The van der Waals surface area contributed by atoms with Gasteiger partial charge in [0.05, 0.1) is 0 Å². The average Bonchev–Trinajstić information content (AvgIpc) is 1.59. The Labute approximate surface area is 65.4 Å². The molecule has 6 nitrogen and oxygen atoms in total. The van der Waals surface area contributed by atoms with Crippen molar-refractivity contribution in [3.05, 3.63) is 0 Å². The van der Waals surface area contributed by atoms with Crippen LogP contribution in [0.1, 0.15) is 6.92 Å². The zero-order valence-corrected chi connectivity index (χ0v) is 7.29. The number of carbonyl (C=O) groups excluding carboxylic acids is 1. The van der Waals surface area contributed by atoms with E-state index in [1.807, 2.05) is 0 Å². The second-order valence-corrected chi connectivity index (χ2v) is 2.76. The fourth-order valence-electron chi connectivity index (χ4n) is 0. The van der Waals surface area contributed by atoms with Crippen LogP contribution in [0.3, 0.4) is 0 Å². The first kappa shape index (κ1) is 13.0. The van der Waals surface area contributed by atoms with Crippen LogP contribution < -0.4 is 0 Å². The molecule has 0 rings (SSSR count). The lowest BCUT2D eigenvalue weighted by molar-refractivity contribution is -0.126. The van der Waals surface area contributed by atoms with Crippen LogP contribution in [-0.4, -0.2) is 42.4 Å². The molecule has 0 aliphatic rings. The van der Waals surface area contributed by atoms with Gasteiger partial charge in [-0.2, -0.15) is 8.42 Å². The van der Waals surface area contributed by atoms with Gasteiger partial charge in [-0.25, -0.2) is 0 Å². The number of nitrogens with zero attached hydrogens (tertiary/aromatic N) is 1. The summed E-state index contributed by atoms with van der Waals surface area (Å²) in [5, 5.41) is 0. The van der Waals surface area contributed by atoms with Crippen LogP contribution in [0.2, 0.25) is 0 Å². The third kappa shape index (κ3) is 45.1. The first-order valence-corrected chi connectivity index (χ1v) is 3.92. The maximum Gasteiger partial charge on any atom is 0.394 e. The topological polar surface area (TPSA) is 94.9 Å². The second-order valence-electron chi connectivity index (χ2n) is 1.86.